The van der Waals surface area contributed by atoms with Crippen molar-refractivity contribution in [2.75, 3.05) is 19.8 Å². The van der Waals surface area contributed by atoms with Gasteiger partial charge >= 0.3 is 0 Å². The number of pyridine rings is 1. The van der Waals surface area contributed by atoms with E-state index in [-0.39, 0.29) is 47.6 Å². The number of rotatable bonds is 17. The molecule has 12 heteroatoms. The first kappa shape index (κ1) is 36.2. The maximum atomic E-state index is 14.4. The lowest BCUT2D eigenvalue weighted by Gasteiger charge is -2.27. The van der Waals surface area contributed by atoms with Crippen molar-refractivity contribution in [2.45, 2.75) is 77.9 Å². The van der Waals surface area contributed by atoms with Crippen LogP contribution in [0.4, 0.5) is 0 Å². The molecular formula is C39H43BrN6O5. The van der Waals surface area contributed by atoms with Crippen molar-refractivity contribution >= 4 is 44.3 Å². The van der Waals surface area contributed by atoms with Gasteiger partial charge < -0.3 is 14.4 Å². The number of ether oxygens (including phenoxy) is 2. The minimum Gasteiger partial charge on any atom is -0.493 e. The lowest BCUT2D eigenvalue weighted by Crippen LogP contribution is -2.45. The van der Waals surface area contributed by atoms with Crippen molar-refractivity contribution in [1.82, 2.24) is 29.6 Å². The van der Waals surface area contributed by atoms with Crippen LogP contribution in [0.25, 0.3) is 22.0 Å². The van der Waals surface area contributed by atoms with E-state index in [1.54, 1.807) is 28.1 Å². The normalized spacial score (nSPS) is 19.2. The summed E-state index contributed by atoms with van der Waals surface area (Å²) < 4.78 is 14.4. The first-order valence-electron chi connectivity index (χ1n) is 17.3. The number of nitrogens with zero attached hydrogens (tertiary/aromatic N) is 6. The fourth-order valence-corrected chi connectivity index (χ4v) is 7.41. The monoisotopic (exact) mass is 754 g/mol. The smallest absolute Gasteiger partial charge is 0.245 e. The van der Waals surface area contributed by atoms with Crippen LogP contribution in [0, 0.1) is 19.3 Å². The highest BCUT2D eigenvalue weighted by Crippen LogP contribution is 2.60. The Morgan fingerprint density at radius 2 is 1.86 bits per heavy atom. The number of benzene rings is 1. The van der Waals surface area contributed by atoms with Crippen LogP contribution in [0.1, 0.15) is 66.6 Å². The molecule has 0 N–H and O–H groups in total. The molecule has 51 heavy (non-hydrogen) atoms. The summed E-state index contributed by atoms with van der Waals surface area (Å²) in [5.41, 5.74) is 3.57. The van der Waals surface area contributed by atoms with Crippen LogP contribution >= 0.6 is 15.9 Å². The third-order valence-corrected chi connectivity index (χ3v) is 10.3. The lowest BCUT2D eigenvalue weighted by molar-refractivity contribution is -0.139. The standard InChI is InChI=1S/C39H43BrN6O5/c1-6-8-9-10-14-51-34-17-31-29(15-28(34)27-20-41-26(5)42-21-27)38(25(4)47)44-45(31)22-37(49)46-32(18-39(19-35(39)46)23-50-13-7-2)33(48)16-30-24(3)11-12-36(40)43-30/h6-7,11-12,15,17,20-21,32,35H,1-2,8-10,13-14,16,18-19,22-23H2,3-5H3/t32-,35+,39-/m0/s1. The Balaban J connectivity index is 1.34. The molecule has 0 spiro atoms. The zero-order chi connectivity index (χ0) is 36.3. The Labute approximate surface area is 306 Å². The first-order valence-corrected chi connectivity index (χ1v) is 18.1. The van der Waals surface area contributed by atoms with Gasteiger partial charge in [0.15, 0.2) is 11.6 Å². The van der Waals surface area contributed by atoms with Gasteiger partial charge in [-0.25, -0.2) is 15.0 Å². The Bertz CT molecular complexity index is 1990. The molecule has 1 saturated carbocycles. The Morgan fingerprint density at radius 3 is 2.59 bits per heavy atom. The molecule has 2 aliphatic rings. The molecule has 0 radical (unpaired) electrons. The molecular weight excluding hydrogens is 712 g/mol. The number of likely N-dealkylation sites (tertiary alicyclic amines) is 1. The maximum absolute atomic E-state index is 14.4. The predicted molar refractivity (Wildman–Crippen MR) is 198 cm³/mol. The summed E-state index contributed by atoms with van der Waals surface area (Å²) >= 11 is 3.42. The van der Waals surface area contributed by atoms with Crippen LogP contribution < -0.4 is 4.74 Å². The number of ketones is 2. The highest BCUT2D eigenvalue weighted by atomic mass is 79.9. The van der Waals surface area contributed by atoms with Crippen LogP contribution in [-0.4, -0.2) is 79.0 Å². The molecule has 266 valence electrons. The second-order valence-corrected chi connectivity index (χ2v) is 14.3. The molecule has 0 bridgehead atoms. The van der Waals surface area contributed by atoms with Gasteiger partial charge in [-0.05, 0) is 79.6 Å². The van der Waals surface area contributed by atoms with Gasteiger partial charge in [0.25, 0.3) is 0 Å². The van der Waals surface area contributed by atoms with Gasteiger partial charge in [-0.15, -0.1) is 13.2 Å². The number of hydrogen-bond donors (Lipinski definition) is 0. The maximum Gasteiger partial charge on any atom is 0.245 e. The van der Waals surface area contributed by atoms with Gasteiger partial charge in [0.2, 0.25) is 5.91 Å². The van der Waals surface area contributed by atoms with E-state index in [2.05, 4.69) is 49.1 Å². The van der Waals surface area contributed by atoms with Gasteiger partial charge in [-0.3, -0.25) is 19.1 Å². The van der Waals surface area contributed by atoms with Gasteiger partial charge in [-0.1, -0.05) is 18.2 Å². The highest BCUT2D eigenvalue weighted by molar-refractivity contribution is 9.10. The summed E-state index contributed by atoms with van der Waals surface area (Å²) in [6.45, 7) is 13.9. The zero-order valence-electron chi connectivity index (χ0n) is 29.4. The average molecular weight is 756 g/mol. The molecule has 11 nitrogen and oxygen atoms in total. The van der Waals surface area contributed by atoms with E-state index < -0.39 is 6.04 Å². The third-order valence-electron chi connectivity index (χ3n) is 9.83. The van der Waals surface area contributed by atoms with Gasteiger partial charge in [0, 0.05) is 53.4 Å². The highest BCUT2D eigenvalue weighted by Gasteiger charge is 2.67. The van der Waals surface area contributed by atoms with E-state index >= 15 is 0 Å². The summed E-state index contributed by atoms with van der Waals surface area (Å²) in [6.07, 6.45) is 11.0. The topological polar surface area (TPSA) is 129 Å². The summed E-state index contributed by atoms with van der Waals surface area (Å²) in [6, 6.07) is 6.69. The van der Waals surface area contributed by atoms with Crippen LogP contribution in [0.5, 0.6) is 5.75 Å². The number of aromatic nitrogens is 5. The van der Waals surface area contributed by atoms with E-state index in [9.17, 15) is 14.4 Å². The van der Waals surface area contributed by atoms with Crippen LogP contribution in [-0.2, 0) is 27.3 Å². The van der Waals surface area contributed by atoms with Crippen LogP contribution in [0.3, 0.4) is 0 Å². The number of carbonyl (C=O) groups excluding carboxylic acids is 3. The van der Waals surface area contributed by atoms with Crippen molar-refractivity contribution in [3.63, 3.8) is 0 Å². The van der Waals surface area contributed by atoms with Crippen molar-refractivity contribution in [3.05, 3.63) is 89.3 Å². The number of halogens is 1. The fourth-order valence-electron chi connectivity index (χ4n) is 7.06. The summed E-state index contributed by atoms with van der Waals surface area (Å²) in [5.74, 6) is 0.657. The molecule has 1 aliphatic carbocycles. The Hall–Kier alpha value is -4.55. The van der Waals surface area contributed by atoms with Gasteiger partial charge in [0.1, 0.15) is 28.4 Å². The van der Waals surface area contributed by atoms with E-state index in [4.69, 9.17) is 9.47 Å². The lowest BCUT2D eigenvalue weighted by atomic mass is 9.95. The number of Topliss-reactive ketones (excluding diaryl/α,β-unsaturated/α-hetero) is 2. The molecule has 4 heterocycles. The van der Waals surface area contributed by atoms with E-state index in [0.29, 0.717) is 59.0 Å². The van der Waals surface area contributed by atoms with Gasteiger partial charge in [0.05, 0.1) is 43.5 Å². The largest absolute Gasteiger partial charge is 0.493 e. The Morgan fingerprint density at radius 1 is 1.08 bits per heavy atom. The molecule has 1 saturated heterocycles. The molecule has 3 aromatic heterocycles. The van der Waals surface area contributed by atoms with E-state index in [0.717, 1.165) is 42.4 Å². The minimum absolute atomic E-state index is 0.0702. The first-order chi connectivity index (χ1) is 24.5. The van der Waals surface area contributed by atoms with Crippen molar-refractivity contribution in [2.24, 2.45) is 5.41 Å². The third kappa shape index (κ3) is 7.72. The fraction of sp³-hybridized carbons (Fsp3) is 0.410. The SMILES string of the molecule is C=CCCCCOc1cc2c(cc1-c1cnc(C)nc1)c(C(C)=O)nn2CC(=O)N1[C@H](C(=O)Cc2nc(Br)ccc2C)C[C@@]2(COCC=C)C[C@@H]12. The summed E-state index contributed by atoms with van der Waals surface area (Å²) in [4.78, 5) is 56.4. The molecule has 0 unspecified atom stereocenters. The molecule has 3 atom stereocenters. The summed E-state index contributed by atoms with van der Waals surface area (Å²) in [7, 11) is 0. The molecule has 1 aliphatic heterocycles. The predicted octanol–water partition coefficient (Wildman–Crippen LogP) is 6.58. The second kappa shape index (κ2) is 15.4. The van der Waals surface area contributed by atoms with Crippen molar-refractivity contribution < 1.29 is 23.9 Å². The number of fused-ring (bicyclic) bond motifs is 2. The second-order valence-electron chi connectivity index (χ2n) is 13.5. The quantitative estimate of drug-likeness (QED) is 0.0508. The van der Waals surface area contributed by atoms with E-state index in [1.165, 1.54) is 6.92 Å². The number of carbonyl (C=O) groups is 3. The number of unbranched alkanes of at least 4 members (excludes halogenated alkanes) is 2. The zero-order valence-corrected chi connectivity index (χ0v) is 30.9. The van der Waals surface area contributed by atoms with Crippen molar-refractivity contribution in [3.8, 4) is 16.9 Å². The minimum atomic E-state index is -0.638. The molecule has 6 rings (SSSR count). The van der Waals surface area contributed by atoms with Gasteiger partial charge in [-0.2, -0.15) is 5.10 Å². The molecule has 4 aromatic rings. The summed E-state index contributed by atoms with van der Waals surface area (Å²) in [5, 5.41) is 5.26. The van der Waals surface area contributed by atoms with Crippen LogP contribution in [0.2, 0.25) is 0 Å². The van der Waals surface area contributed by atoms with E-state index in [1.807, 2.05) is 44.2 Å². The number of piperidine rings is 1. The molecule has 2 fully saturated rings. The average Bonchev–Trinajstić information content (AvgIpc) is 3.53. The Kier molecular flexibility index (Phi) is 10.9. The number of aryl methyl sites for hydroxylation is 2. The molecule has 1 amide bonds. The van der Waals surface area contributed by atoms with Crippen molar-refractivity contribution in [1.29, 1.82) is 0 Å². The number of allylic oxidation sites excluding steroid dienone is 1. The number of amides is 1. The van der Waals surface area contributed by atoms with Crippen LogP contribution in [0.15, 0.2) is 66.6 Å². The molecule has 1 aromatic carbocycles. The number of hydrogen-bond acceptors (Lipinski definition) is 9.